The first-order chi connectivity index (χ1) is 11.0. The van der Waals surface area contributed by atoms with E-state index in [-0.39, 0.29) is 11.6 Å². The molecule has 6 heteroatoms. The van der Waals surface area contributed by atoms with Gasteiger partial charge in [0.25, 0.3) is 0 Å². The van der Waals surface area contributed by atoms with Crippen LogP contribution in [0.1, 0.15) is 26.2 Å². The van der Waals surface area contributed by atoms with E-state index in [0.717, 1.165) is 25.9 Å². The van der Waals surface area contributed by atoms with Gasteiger partial charge in [-0.25, -0.2) is 4.79 Å². The highest BCUT2D eigenvalue weighted by atomic mass is 35.5. The van der Waals surface area contributed by atoms with Crippen molar-refractivity contribution >= 4 is 17.6 Å². The van der Waals surface area contributed by atoms with Crippen molar-refractivity contribution in [1.82, 2.24) is 10.2 Å². The van der Waals surface area contributed by atoms with Gasteiger partial charge in [-0.3, -0.25) is 0 Å². The fraction of sp³-hybridized carbons (Fsp3) is 0.588. The van der Waals surface area contributed by atoms with Crippen LogP contribution >= 0.6 is 11.6 Å². The first-order valence-corrected chi connectivity index (χ1v) is 8.38. The molecule has 0 bridgehead atoms. The molecule has 0 aromatic heterocycles. The number of urea groups is 1. The zero-order valence-corrected chi connectivity index (χ0v) is 14.6. The van der Waals surface area contributed by atoms with Gasteiger partial charge >= 0.3 is 6.03 Å². The van der Waals surface area contributed by atoms with Gasteiger partial charge in [0.1, 0.15) is 5.75 Å². The van der Waals surface area contributed by atoms with Crippen LogP contribution < -0.4 is 10.1 Å². The second-order valence-electron chi connectivity index (χ2n) is 6.11. The summed E-state index contributed by atoms with van der Waals surface area (Å²) in [6, 6.07) is 7.29. The molecule has 2 rings (SSSR count). The highest BCUT2D eigenvalue weighted by Gasteiger charge is 2.30. The van der Waals surface area contributed by atoms with E-state index in [1.807, 2.05) is 25.1 Å². The van der Waals surface area contributed by atoms with Crippen molar-refractivity contribution in [2.45, 2.75) is 31.8 Å². The molecular weight excluding hydrogens is 316 g/mol. The summed E-state index contributed by atoms with van der Waals surface area (Å²) in [4.78, 5) is 13.7. The molecule has 1 aliphatic rings. The molecule has 0 unspecified atom stereocenters. The third-order valence-electron chi connectivity index (χ3n) is 3.99. The van der Waals surface area contributed by atoms with Gasteiger partial charge in [-0.2, -0.15) is 0 Å². The highest BCUT2D eigenvalue weighted by molar-refractivity contribution is 6.32. The number of carbonyl (C=O) groups is 1. The molecule has 5 nitrogen and oxygen atoms in total. The van der Waals surface area contributed by atoms with E-state index in [1.54, 1.807) is 18.0 Å². The third kappa shape index (κ3) is 5.59. The van der Waals surface area contributed by atoms with Gasteiger partial charge in [0, 0.05) is 26.7 Å². The monoisotopic (exact) mass is 340 g/mol. The van der Waals surface area contributed by atoms with Crippen molar-refractivity contribution in [1.29, 1.82) is 0 Å². The average Bonchev–Trinajstić information content (AvgIpc) is 2.97. The Kier molecular flexibility index (Phi) is 6.54. The SMILES string of the molecule is CN(CCCOc1ccccc1Cl)C(=O)NC[C@@]1(C)CCCO1. The number of carbonyl (C=O) groups excluding carboxylic acids is 1. The Balaban J connectivity index is 1.63. The maximum Gasteiger partial charge on any atom is 0.317 e. The van der Waals surface area contributed by atoms with Crippen molar-refractivity contribution in [3.05, 3.63) is 29.3 Å². The highest BCUT2D eigenvalue weighted by Crippen LogP contribution is 2.24. The van der Waals surface area contributed by atoms with Gasteiger partial charge in [-0.15, -0.1) is 0 Å². The van der Waals surface area contributed by atoms with E-state index in [9.17, 15) is 4.79 Å². The molecule has 1 aromatic carbocycles. The van der Waals surface area contributed by atoms with E-state index in [0.29, 0.717) is 30.5 Å². The van der Waals surface area contributed by atoms with Crippen LogP contribution in [0.5, 0.6) is 5.75 Å². The molecule has 1 heterocycles. The molecule has 1 saturated heterocycles. The van der Waals surface area contributed by atoms with E-state index in [4.69, 9.17) is 21.1 Å². The topological polar surface area (TPSA) is 50.8 Å². The summed E-state index contributed by atoms with van der Waals surface area (Å²) < 4.78 is 11.3. The molecule has 0 aliphatic carbocycles. The number of rotatable bonds is 7. The fourth-order valence-corrected chi connectivity index (χ4v) is 2.71. The van der Waals surface area contributed by atoms with E-state index < -0.39 is 0 Å². The number of hydrogen-bond acceptors (Lipinski definition) is 3. The minimum Gasteiger partial charge on any atom is -0.492 e. The molecule has 0 saturated carbocycles. The molecule has 2 amide bonds. The molecule has 128 valence electrons. The second-order valence-corrected chi connectivity index (χ2v) is 6.52. The van der Waals surface area contributed by atoms with Crippen molar-refractivity contribution in [2.75, 3.05) is 33.4 Å². The van der Waals surface area contributed by atoms with Gasteiger partial charge in [-0.05, 0) is 38.3 Å². The molecular formula is C17H25ClN2O3. The second kappa shape index (κ2) is 8.41. The van der Waals surface area contributed by atoms with E-state index in [1.165, 1.54) is 0 Å². The van der Waals surface area contributed by atoms with Crippen LogP contribution in [0, 0.1) is 0 Å². The van der Waals surface area contributed by atoms with E-state index in [2.05, 4.69) is 5.32 Å². The fourth-order valence-electron chi connectivity index (χ4n) is 2.52. The molecule has 23 heavy (non-hydrogen) atoms. The maximum atomic E-state index is 12.1. The van der Waals surface area contributed by atoms with Crippen LogP contribution in [0.2, 0.25) is 5.02 Å². The van der Waals surface area contributed by atoms with Crippen molar-refractivity contribution < 1.29 is 14.3 Å². The first kappa shape index (κ1) is 17.9. The summed E-state index contributed by atoms with van der Waals surface area (Å²) in [5.74, 6) is 0.674. The lowest BCUT2D eigenvalue weighted by atomic mass is 10.0. The Bertz CT molecular complexity index is 518. The summed E-state index contributed by atoms with van der Waals surface area (Å²) in [6.45, 7) is 4.50. The zero-order valence-electron chi connectivity index (χ0n) is 13.8. The largest absolute Gasteiger partial charge is 0.492 e. The van der Waals surface area contributed by atoms with Gasteiger partial charge in [0.2, 0.25) is 0 Å². The quantitative estimate of drug-likeness (QED) is 0.775. The Hall–Kier alpha value is -1.46. The van der Waals surface area contributed by atoms with Gasteiger partial charge in [0.05, 0.1) is 17.2 Å². The van der Waals surface area contributed by atoms with Crippen LogP contribution in [0.4, 0.5) is 4.79 Å². The Labute approximate surface area is 142 Å². The van der Waals surface area contributed by atoms with E-state index >= 15 is 0 Å². The smallest absolute Gasteiger partial charge is 0.317 e. The predicted octanol–water partition coefficient (Wildman–Crippen LogP) is 3.32. The maximum absolute atomic E-state index is 12.1. The molecule has 1 fully saturated rings. The van der Waals surface area contributed by atoms with Crippen LogP contribution in [0.25, 0.3) is 0 Å². The lowest BCUT2D eigenvalue weighted by molar-refractivity contribution is 0.0221. The number of nitrogens with one attached hydrogen (secondary N) is 1. The predicted molar refractivity (Wildman–Crippen MR) is 91.2 cm³/mol. The molecule has 1 N–H and O–H groups in total. The van der Waals surface area contributed by atoms with Crippen LogP contribution in [-0.2, 0) is 4.74 Å². The van der Waals surface area contributed by atoms with Crippen molar-refractivity contribution in [3.63, 3.8) is 0 Å². The Morgan fingerprint density at radius 2 is 2.26 bits per heavy atom. The van der Waals surface area contributed by atoms with Crippen molar-refractivity contribution in [2.24, 2.45) is 0 Å². The zero-order chi connectivity index (χ0) is 16.7. The van der Waals surface area contributed by atoms with Crippen molar-refractivity contribution in [3.8, 4) is 5.75 Å². The lowest BCUT2D eigenvalue weighted by Crippen LogP contribution is -2.45. The van der Waals surface area contributed by atoms with Gasteiger partial charge < -0.3 is 19.7 Å². The number of halogens is 1. The molecule has 0 spiro atoms. The summed E-state index contributed by atoms with van der Waals surface area (Å²) in [6.07, 6.45) is 2.78. The lowest BCUT2D eigenvalue weighted by Gasteiger charge is -2.25. The van der Waals surface area contributed by atoms with Gasteiger partial charge in [0.15, 0.2) is 0 Å². The number of amides is 2. The van der Waals surface area contributed by atoms with Crippen LogP contribution in [0.3, 0.4) is 0 Å². The molecule has 0 radical (unpaired) electrons. The summed E-state index contributed by atoms with van der Waals surface area (Å²) >= 11 is 6.02. The van der Waals surface area contributed by atoms with Gasteiger partial charge in [-0.1, -0.05) is 23.7 Å². The molecule has 1 atom stereocenters. The summed E-state index contributed by atoms with van der Waals surface area (Å²) in [7, 11) is 1.78. The minimum absolute atomic E-state index is 0.0838. The number of para-hydroxylation sites is 1. The summed E-state index contributed by atoms with van der Waals surface area (Å²) in [5.41, 5.74) is -0.219. The number of ether oxygens (including phenoxy) is 2. The van der Waals surface area contributed by atoms with Crippen LogP contribution in [-0.4, -0.2) is 49.9 Å². The number of nitrogens with zero attached hydrogens (tertiary/aromatic N) is 1. The average molecular weight is 341 g/mol. The third-order valence-corrected chi connectivity index (χ3v) is 4.31. The number of hydrogen-bond donors (Lipinski definition) is 1. The standard InChI is InChI=1S/C17H25ClN2O3/c1-17(9-5-12-23-17)13-19-16(21)20(2)10-6-11-22-15-8-4-3-7-14(15)18/h3-4,7-8H,5-6,9-13H2,1-2H3,(H,19,21)/t17-/m1/s1. The Morgan fingerprint density at radius 1 is 1.48 bits per heavy atom. The normalized spacial score (nSPS) is 20.3. The minimum atomic E-state index is -0.219. The molecule has 1 aliphatic heterocycles. The molecule has 1 aromatic rings. The summed E-state index contributed by atoms with van der Waals surface area (Å²) in [5, 5.41) is 3.53. The first-order valence-electron chi connectivity index (χ1n) is 8.00. The Morgan fingerprint density at radius 3 is 2.96 bits per heavy atom. The number of benzene rings is 1. The van der Waals surface area contributed by atoms with Crippen LogP contribution in [0.15, 0.2) is 24.3 Å².